The largest absolute Gasteiger partial charge is 0.338 e. The smallest absolute Gasteiger partial charge is 0.262 e. The molecule has 0 aliphatic rings. The summed E-state index contributed by atoms with van der Waals surface area (Å²) in [6, 6.07) is 8.85. The maximum atomic E-state index is 12.7. The summed E-state index contributed by atoms with van der Waals surface area (Å²) in [5, 5.41) is 7.66. The predicted octanol–water partition coefficient (Wildman–Crippen LogP) is 3.60. The van der Waals surface area contributed by atoms with Crippen molar-refractivity contribution in [1.82, 2.24) is 14.7 Å². The number of hydrogen-bond donors (Lipinski definition) is 1. The van der Waals surface area contributed by atoms with Crippen LogP contribution in [0.5, 0.6) is 0 Å². The van der Waals surface area contributed by atoms with Crippen LogP contribution in [0.2, 0.25) is 0 Å². The Morgan fingerprint density at radius 1 is 1.36 bits per heavy atom. The van der Waals surface area contributed by atoms with Crippen LogP contribution in [-0.2, 0) is 16.8 Å². The third-order valence-corrected chi connectivity index (χ3v) is 4.99. The lowest BCUT2D eigenvalue weighted by Crippen LogP contribution is -2.23. The summed E-state index contributed by atoms with van der Waals surface area (Å²) in [5.41, 5.74) is 1.03. The number of carbonyl (C=O) groups excluding carboxylic acids is 1. The van der Waals surface area contributed by atoms with Gasteiger partial charge >= 0.3 is 0 Å². The second-order valence-electron chi connectivity index (χ2n) is 7.28. The lowest BCUT2D eigenvalue weighted by molar-refractivity contribution is -0.113. The Kier molecular flexibility index (Phi) is 5.69. The van der Waals surface area contributed by atoms with Crippen LogP contribution in [0.3, 0.4) is 0 Å². The summed E-state index contributed by atoms with van der Waals surface area (Å²) in [7, 11) is 0. The molecule has 28 heavy (non-hydrogen) atoms. The van der Waals surface area contributed by atoms with Crippen LogP contribution in [0.15, 0.2) is 57.5 Å². The maximum Gasteiger partial charge on any atom is 0.262 e. The summed E-state index contributed by atoms with van der Waals surface area (Å²) < 4.78 is 6.69. The molecule has 8 heteroatoms. The highest BCUT2D eigenvalue weighted by atomic mass is 32.2. The highest BCUT2D eigenvalue weighted by Crippen LogP contribution is 2.24. The van der Waals surface area contributed by atoms with E-state index in [1.165, 1.54) is 16.3 Å². The normalized spacial score (nSPS) is 11.5. The fraction of sp³-hybridized carbons (Fsp3) is 0.300. The first-order chi connectivity index (χ1) is 13.3. The van der Waals surface area contributed by atoms with Crippen LogP contribution >= 0.6 is 11.8 Å². The van der Waals surface area contributed by atoms with E-state index in [1.807, 2.05) is 26.8 Å². The Labute approximate surface area is 166 Å². The number of rotatable bonds is 6. The first kappa shape index (κ1) is 19.9. The Morgan fingerprint density at radius 3 is 2.79 bits per heavy atom. The van der Waals surface area contributed by atoms with Gasteiger partial charge in [-0.1, -0.05) is 55.9 Å². The van der Waals surface area contributed by atoms with E-state index < -0.39 is 0 Å². The van der Waals surface area contributed by atoms with Crippen molar-refractivity contribution < 1.29 is 9.32 Å². The molecule has 3 aromatic rings. The van der Waals surface area contributed by atoms with E-state index in [2.05, 4.69) is 22.0 Å². The molecule has 0 fully saturated rings. The van der Waals surface area contributed by atoms with Crippen molar-refractivity contribution >= 4 is 34.5 Å². The number of para-hydroxylation sites is 1. The van der Waals surface area contributed by atoms with E-state index in [9.17, 15) is 9.59 Å². The number of nitrogens with one attached hydrogen (secondary N) is 1. The zero-order chi connectivity index (χ0) is 20.3. The van der Waals surface area contributed by atoms with Gasteiger partial charge in [0, 0.05) is 18.0 Å². The minimum absolute atomic E-state index is 0.0769. The van der Waals surface area contributed by atoms with Crippen LogP contribution in [0.4, 0.5) is 5.88 Å². The van der Waals surface area contributed by atoms with Crippen molar-refractivity contribution in [1.29, 1.82) is 0 Å². The average Bonchev–Trinajstić information content (AvgIpc) is 3.11. The summed E-state index contributed by atoms with van der Waals surface area (Å²) in [6.45, 7) is 10.0. The maximum absolute atomic E-state index is 12.7. The summed E-state index contributed by atoms with van der Waals surface area (Å²) in [5.74, 6) is 0.104. The van der Waals surface area contributed by atoms with E-state index in [4.69, 9.17) is 4.52 Å². The van der Waals surface area contributed by atoms with Gasteiger partial charge in [-0.15, -0.1) is 6.58 Å². The van der Waals surface area contributed by atoms with Gasteiger partial charge in [0.15, 0.2) is 5.16 Å². The number of thioether (sulfide) groups is 1. The minimum Gasteiger partial charge on any atom is -0.338 e. The topological polar surface area (TPSA) is 90.0 Å². The molecule has 0 aliphatic heterocycles. The number of aromatic nitrogens is 3. The molecule has 3 rings (SSSR count). The van der Waals surface area contributed by atoms with Gasteiger partial charge < -0.3 is 4.52 Å². The molecule has 7 nitrogen and oxygen atoms in total. The van der Waals surface area contributed by atoms with Crippen LogP contribution in [-0.4, -0.2) is 26.4 Å². The number of fused-ring (bicyclic) bond motifs is 1. The van der Waals surface area contributed by atoms with Gasteiger partial charge in [-0.3, -0.25) is 19.5 Å². The van der Waals surface area contributed by atoms with Crippen LogP contribution in [0.1, 0.15) is 26.5 Å². The molecule has 0 unspecified atom stereocenters. The first-order valence-electron chi connectivity index (χ1n) is 8.80. The van der Waals surface area contributed by atoms with Crippen molar-refractivity contribution in [2.24, 2.45) is 0 Å². The standard InChI is InChI=1S/C20H22N4O3S/c1-5-10-24-18(26)13-8-6-7-9-14(13)21-19(24)28-12-16(25)22-17-11-15(23-27-17)20(2,3)4/h5-9,11H,1,10,12H2,2-4H3,(H,22,25). The number of nitrogens with zero attached hydrogens (tertiary/aromatic N) is 3. The summed E-state index contributed by atoms with van der Waals surface area (Å²) in [6.07, 6.45) is 1.63. The molecule has 1 N–H and O–H groups in total. The fourth-order valence-corrected chi connectivity index (χ4v) is 3.35. The molecule has 2 heterocycles. The van der Waals surface area contributed by atoms with Crippen molar-refractivity contribution in [3.05, 3.63) is 59.0 Å². The zero-order valence-corrected chi connectivity index (χ0v) is 16.9. The Bertz CT molecular complexity index is 1080. The molecule has 0 spiro atoms. The van der Waals surface area contributed by atoms with Gasteiger partial charge in [-0.05, 0) is 12.1 Å². The molecule has 0 saturated heterocycles. The van der Waals surface area contributed by atoms with Crippen LogP contribution in [0.25, 0.3) is 10.9 Å². The molecule has 0 aliphatic carbocycles. The van der Waals surface area contributed by atoms with Gasteiger partial charge in [0.2, 0.25) is 11.8 Å². The number of carbonyl (C=O) groups is 1. The molecule has 0 saturated carbocycles. The van der Waals surface area contributed by atoms with Crippen LogP contribution in [0, 0.1) is 0 Å². The molecule has 146 valence electrons. The lowest BCUT2D eigenvalue weighted by Gasteiger charge is -2.12. The second-order valence-corrected chi connectivity index (χ2v) is 8.22. The van der Waals surface area contributed by atoms with Gasteiger partial charge in [-0.2, -0.15) is 0 Å². The SMILES string of the molecule is C=CCn1c(SCC(=O)Nc2cc(C(C)(C)C)no2)nc2ccccc2c1=O. The number of amides is 1. The van der Waals surface area contributed by atoms with E-state index in [0.29, 0.717) is 28.5 Å². The first-order valence-corrected chi connectivity index (χ1v) is 9.78. The van der Waals surface area contributed by atoms with Crippen molar-refractivity contribution in [2.75, 3.05) is 11.1 Å². The minimum atomic E-state index is -0.269. The molecule has 0 bridgehead atoms. The zero-order valence-electron chi connectivity index (χ0n) is 16.1. The van der Waals surface area contributed by atoms with Gasteiger partial charge in [0.05, 0.1) is 22.3 Å². The number of hydrogen-bond acceptors (Lipinski definition) is 6. The summed E-state index contributed by atoms with van der Waals surface area (Å²) >= 11 is 1.19. The number of anilines is 1. The Hall–Kier alpha value is -2.87. The molecular weight excluding hydrogens is 376 g/mol. The van der Waals surface area contributed by atoms with E-state index in [0.717, 1.165) is 5.69 Å². The average molecular weight is 398 g/mol. The monoisotopic (exact) mass is 398 g/mol. The molecular formula is C20H22N4O3S. The fourth-order valence-electron chi connectivity index (χ4n) is 2.54. The van der Waals surface area contributed by atoms with Crippen LogP contribution < -0.4 is 10.9 Å². The number of benzene rings is 1. The van der Waals surface area contributed by atoms with E-state index >= 15 is 0 Å². The van der Waals surface area contributed by atoms with Crippen molar-refractivity contribution in [2.45, 2.75) is 37.9 Å². The molecule has 0 radical (unpaired) electrons. The predicted molar refractivity (Wildman–Crippen MR) is 111 cm³/mol. The molecule has 1 aromatic carbocycles. The van der Waals surface area contributed by atoms with E-state index in [-0.39, 0.29) is 22.6 Å². The summed E-state index contributed by atoms with van der Waals surface area (Å²) in [4.78, 5) is 29.5. The van der Waals surface area contributed by atoms with Crippen molar-refractivity contribution in [3.8, 4) is 0 Å². The second kappa shape index (κ2) is 8.02. The Morgan fingerprint density at radius 2 is 2.11 bits per heavy atom. The molecule has 1 amide bonds. The molecule has 2 aromatic heterocycles. The van der Waals surface area contributed by atoms with Gasteiger partial charge in [0.1, 0.15) is 0 Å². The quantitative estimate of drug-likeness (QED) is 0.388. The van der Waals surface area contributed by atoms with Crippen molar-refractivity contribution in [3.63, 3.8) is 0 Å². The van der Waals surface area contributed by atoms with Gasteiger partial charge in [0.25, 0.3) is 5.56 Å². The van der Waals surface area contributed by atoms with Gasteiger partial charge in [-0.25, -0.2) is 4.98 Å². The number of allylic oxidation sites excluding steroid dienone is 1. The lowest BCUT2D eigenvalue weighted by atomic mass is 9.92. The highest BCUT2D eigenvalue weighted by molar-refractivity contribution is 7.99. The van der Waals surface area contributed by atoms with E-state index in [1.54, 1.807) is 30.3 Å². The third-order valence-electron chi connectivity index (χ3n) is 4.01. The third kappa shape index (κ3) is 4.33. The highest BCUT2D eigenvalue weighted by Gasteiger charge is 2.20. The molecule has 0 atom stereocenters. The Balaban J connectivity index is 1.76.